The van der Waals surface area contributed by atoms with Crippen molar-refractivity contribution in [2.45, 2.75) is 90.3 Å². The number of rotatable bonds is 12. The van der Waals surface area contributed by atoms with Crippen LogP contribution in [0.25, 0.3) is 0 Å². The van der Waals surface area contributed by atoms with Gasteiger partial charge in [0.05, 0.1) is 12.2 Å². The Balaban J connectivity index is 1.79. The SMILES string of the molecule is CCCC[C@@H](C)C[C@H](O)C=C[C@@H]1[C@H]2CC(CCCCCN)=C[C@H]2C[C@H]1O. The summed E-state index contributed by atoms with van der Waals surface area (Å²) in [5, 5.41) is 20.8. The van der Waals surface area contributed by atoms with Gasteiger partial charge in [0, 0.05) is 5.92 Å². The van der Waals surface area contributed by atoms with Crippen molar-refractivity contribution in [3.63, 3.8) is 0 Å². The summed E-state index contributed by atoms with van der Waals surface area (Å²) < 4.78 is 0. The van der Waals surface area contributed by atoms with Crippen LogP contribution in [0.5, 0.6) is 0 Å². The highest BCUT2D eigenvalue weighted by Gasteiger charge is 2.43. The molecule has 150 valence electrons. The van der Waals surface area contributed by atoms with Gasteiger partial charge in [0.1, 0.15) is 0 Å². The number of unbranched alkanes of at least 4 members (excludes halogenated alkanes) is 3. The third kappa shape index (κ3) is 6.51. The van der Waals surface area contributed by atoms with Crippen molar-refractivity contribution in [3.8, 4) is 0 Å². The number of nitrogens with two attached hydrogens (primary N) is 1. The molecule has 0 aromatic heterocycles. The Morgan fingerprint density at radius 3 is 2.81 bits per heavy atom. The number of hydrogen-bond acceptors (Lipinski definition) is 3. The molecule has 0 amide bonds. The lowest BCUT2D eigenvalue weighted by Crippen LogP contribution is -2.18. The quantitative estimate of drug-likeness (QED) is 0.351. The Morgan fingerprint density at radius 1 is 1.27 bits per heavy atom. The van der Waals surface area contributed by atoms with Gasteiger partial charge in [-0.3, -0.25) is 0 Å². The molecule has 6 atom stereocenters. The predicted molar refractivity (Wildman–Crippen MR) is 110 cm³/mol. The van der Waals surface area contributed by atoms with Crippen molar-refractivity contribution < 1.29 is 10.2 Å². The summed E-state index contributed by atoms with van der Waals surface area (Å²) in [4.78, 5) is 0. The molecular formula is C23H41NO2. The first-order valence-corrected chi connectivity index (χ1v) is 11.0. The molecule has 0 aromatic carbocycles. The molecular weight excluding hydrogens is 322 g/mol. The maximum absolute atomic E-state index is 10.5. The zero-order chi connectivity index (χ0) is 18.9. The van der Waals surface area contributed by atoms with Gasteiger partial charge in [-0.15, -0.1) is 0 Å². The van der Waals surface area contributed by atoms with Gasteiger partial charge in [0.25, 0.3) is 0 Å². The molecule has 0 aliphatic heterocycles. The Labute approximate surface area is 160 Å². The molecule has 0 heterocycles. The lowest BCUT2D eigenvalue weighted by Gasteiger charge is -2.19. The number of allylic oxidation sites excluding steroid dienone is 2. The lowest BCUT2D eigenvalue weighted by molar-refractivity contribution is 0.139. The molecule has 26 heavy (non-hydrogen) atoms. The first-order chi connectivity index (χ1) is 12.5. The molecule has 3 nitrogen and oxygen atoms in total. The second-order valence-corrected chi connectivity index (χ2v) is 8.77. The molecule has 0 saturated heterocycles. The summed E-state index contributed by atoms with van der Waals surface area (Å²) in [7, 11) is 0. The van der Waals surface area contributed by atoms with Crippen LogP contribution in [-0.2, 0) is 0 Å². The average molecular weight is 364 g/mol. The smallest absolute Gasteiger partial charge is 0.0723 e. The molecule has 2 rings (SSSR count). The first-order valence-electron chi connectivity index (χ1n) is 11.0. The summed E-state index contributed by atoms with van der Waals surface area (Å²) in [6, 6.07) is 0. The zero-order valence-electron chi connectivity index (χ0n) is 16.9. The molecule has 0 bridgehead atoms. The van der Waals surface area contributed by atoms with Crippen LogP contribution in [0, 0.1) is 23.7 Å². The number of aliphatic hydroxyl groups is 2. The molecule has 0 radical (unpaired) electrons. The fourth-order valence-corrected chi connectivity index (χ4v) is 4.88. The highest BCUT2D eigenvalue weighted by molar-refractivity contribution is 5.21. The highest BCUT2D eigenvalue weighted by atomic mass is 16.3. The summed E-state index contributed by atoms with van der Waals surface area (Å²) >= 11 is 0. The van der Waals surface area contributed by atoms with Crippen LogP contribution < -0.4 is 5.73 Å². The van der Waals surface area contributed by atoms with E-state index in [0.717, 1.165) is 32.2 Å². The minimum atomic E-state index is -0.377. The van der Waals surface area contributed by atoms with E-state index in [0.29, 0.717) is 17.8 Å². The van der Waals surface area contributed by atoms with Crippen LogP contribution in [0.4, 0.5) is 0 Å². The molecule has 0 unspecified atom stereocenters. The second kappa shape index (κ2) is 11.3. The Morgan fingerprint density at radius 2 is 2.08 bits per heavy atom. The van der Waals surface area contributed by atoms with Crippen molar-refractivity contribution in [1.29, 1.82) is 0 Å². The van der Waals surface area contributed by atoms with Crippen molar-refractivity contribution in [3.05, 3.63) is 23.8 Å². The molecule has 1 fully saturated rings. The molecule has 0 aromatic rings. The predicted octanol–water partition coefficient (Wildman–Crippen LogP) is 4.58. The van der Waals surface area contributed by atoms with Gasteiger partial charge < -0.3 is 15.9 Å². The van der Waals surface area contributed by atoms with Crippen LogP contribution in [0.1, 0.15) is 78.1 Å². The Bertz CT molecular complexity index is 459. The van der Waals surface area contributed by atoms with Crippen molar-refractivity contribution >= 4 is 0 Å². The topological polar surface area (TPSA) is 66.5 Å². The van der Waals surface area contributed by atoms with E-state index >= 15 is 0 Å². The van der Waals surface area contributed by atoms with Crippen molar-refractivity contribution in [2.24, 2.45) is 29.4 Å². The maximum Gasteiger partial charge on any atom is 0.0723 e. The third-order valence-electron chi connectivity index (χ3n) is 6.40. The van der Waals surface area contributed by atoms with E-state index in [4.69, 9.17) is 5.73 Å². The van der Waals surface area contributed by atoms with Gasteiger partial charge in [0.2, 0.25) is 0 Å². The fraction of sp³-hybridized carbons (Fsp3) is 0.826. The number of hydrogen-bond donors (Lipinski definition) is 3. The summed E-state index contributed by atoms with van der Waals surface area (Å²) in [6.07, 6.45) is 17.2. The summed E-state index contributed by atoms with van der Waals surface area (Å²) in [5.41, 5.74) is 7.15. The van der Waals surface area contributed by atoms with Gasteiger partial charge in [-0.05, 0) is 62.8 Å². The standard InChI is InChI=1S/C23H41NO2/c1-3-4-8-17(2)13-20(25)10-11-21-22-15-18(9-6-5-7-12-24)14-19(22)16-23(21)26/h10-11,14,17,19-23,25-26H,3-9,12-13,15-16,24H2,1-2H3/t17-,19+,20-,21-,22+,23-/m1/s1. The molecule has 2 aliphatic rings. The van der Waals surface area contributed by atoms with Crippen LogP contribution in [0.2, 0.25) is 0 Å². The number of fused-ring (bicyclic) bond motifs is 1. The first kappa shape index (κ1) is 21.7. The fourth-order valence-electron chi connectivity index (χ4n) is 4.88. The molecule has 0 spiro atoms. The van der Waals surface area contributed by atoms with Crippen LogP contribution >= 0.6 is 0 Å². The highest BCUT2D eigenvalue weighted by Crippen LogP contribution is 2.48. The van der Waals surface area contributed by atoms with Gasteiger partial charge in [-0.2, -0.15) is 0 Å². The van der Waals surface area contributed by atoms with Gasteiger partial charge >= 0.3 is 0 Å². The largest absolute Gasteiger partial charge is 0.392 e. The van der Waals surface area contributed by atoms with E-state index in [1.165, 1.54) is 38.5 Å². The van der Waals surface area contributed by atoms with E-state index < -0.39 is 0 Å². The molecule has 4 N–H and O–H groups in total. The Hall–Kier alpha value is -0.640. The van der Waals surface area contributed by atoms with Gasteiger partial charge in [-0.25, -0.2) is 0 Å². The zero-order valence-corrected chi connectivity index (χ0v) is 16.9. The van der Waals surface area contributed by atoms with Crippen LogP contribution in [0.3, 0.4) is 0 Å². The molecule has 2 aliphatic carbocycles. The molecule has 1 saturated carbocycles. The van der Waals surface area contributed by atoms with E-state index in [-0.39, 0.29) is 18.1 Å². The van der Waals surface area contributed by atoms with Crippen molar-refractivity contribution in [2.75, 3.05) is 6.54 Å². The monoisotopic (exact) mass is 363 g/mol. The third-order valence-corrected chi connectivity index (χ3v) is 6.40. The maximum atomic E-state index is 10.5. The van der Waals surface area contributed by atoms with E-state index in [9.17, 15) is 10.2 Å². The normalized spacial score (nSPS) is 30.6. The summed E-state index contributed by atoms with van der Waals surface area (Å²) in [6.45, 7) is 5.23. The van der Waals surface area contributed by atoms with Crippen LogP contribution in [-0.4, -0.2) is 29.0 Å². The van der Waals surface area contributed by atoms with Gasteiger partial charge in [-0.1, -0.05) is 63.3 Å². The summed E-state index contributed by atoms with van der Waals surface area (Å²) in [5.74, 6) is 1.84. The minimum Gasteiger partial charge on any atom is -0.392 e. The average Bonchev–Trinajstić information content (AvgIpc) is 3.11. The van der Waals surface area contributed by atoms with E-state index in [1.807, 2.05) is 6.08 Å². The Kier molecular flexibility index (Phi) is 9.38. The van der Waals surface area contributed by atoms with Crippen LogP contribution in [0.15, 0.2) is 23.8 Å². The lowest BCUT2D eigenvalue weighted by atomic mass is 9.88. The minimum absolute atomic E-state index is 0.207. The number of aliphatic hydroxyl groups excluding tert-OH is 2. The van der Waals surface area contributed by atoms with Crippen molar-refractivity contribution in [1.82, 2.24) is 0 Å². The van der Waals surface area contributed by atoms with E-state index in [1.54, 1.807) is 5.57 Å². The van der Waals surface area contributed by atoms with Gasteiger partial charge in [0.15, 0.2) is 0 Å². The molecule has 3 heteroatoms. The second-order valence-electron chi connectivity index (χ2n) is 8.77. The van der Waals surface area contributed by atoms with E-state index in [2.05, 4.69) is 26.0 Å².